The third-order valence-corrected chi connectivity index (χ3v) is 6.61. The topological polar surface area (TPSA) is 130 Å². The van der Waals surface area contributed by atoms with Crippen molar-refractivity contribution in [1.29, 1.82) is 0 Å². The Kier molecular flexibility index (Phi) is 7.27. The van der Waals surface area contributed by atoms with E-state index in [2.05, 4.69) is 20.7 Å². The van der Waals surface area contributed by atoms with Crippen LogP contribution >= 0.6 is 0 Å². The molecule has 206 valence electrons. The van der Waals surface area contributed by atoms with E-state index in [0.717, 1.165) is 23.9 Å². The maximum atomic E-state index is 12.5. The molecule has 1 amide bonds. The van der Waals surface area contributed by atoms with Crippen LogP contribution < -0.4 is 24.8 Å². The number of anilines is 2. The van der Waals surface area contributed by atoms with Crippen molar-refractivity contribution in [3.63, 3.8) is 0 Å². The summed E-state index contributed by atoms with van der Waals surface area (Å²) in [6, 6.07) is 4.10. The Morgan fingerprint density at radius 3 is 2.41 bits per heavy atom. The number of hydrogen-bond donors (Lipinski definition) is 2. The molecule has 1 fully saturated rings. The highest BCUT2D eigenvalue weighted by Crippen LogP contribution is 2.39. The number of fused-ring (bicyclic) bond motifs is 1. The zero-order valence-electron chi connectivity index (χ0n) is 23.1. The van der Waals surface area contributed by atoms with Crippen LogP contribution in [0.4, 0.5) is 11.6 Å². The third-order valence-electron chi connectivity index (χ3n) is 6.61. The molecular weight excluding hydrogens is 500 g/mol. The first-order chi connectivity index (χ1) is 18.8. The largest absolute Gasteiger partial charge is 0.493 e. The molecule has 39 heavy (non-hydrogen) atoms. The molecule has 12 heteroatoms. The van der Waals surface area contributed by atoms with E-state index in [0.29, 0.717) is 52.8 Å². The molecule has 3 aromatic heterocycles. The van der Waals surface area contributed by atoms with E-state index in [1.165, 1.54) is 0 Å². The zero-order valence-corrected chi connectivity index (χ0v) is 23.1. The number of nitrogens with one attached hydrogen (secondary N) is 2. The van der Waals surface area contributed by atoms with Gasteiger partial charge in [0.05, 0.1) is 44.8 Å². The molecule has 4 aromatic rings. The van der Waals surface area contributed by atoms with Crippen LogP contribution in [0.2, 0.25) is 0 Å². The lowest BCUT2D eigenvalue weighted by molar-refractivity contribution is -0.121. The number of ether oxygens (including phenoxy) is 3. The van der Waals surface area contributed by atoms with E-state index in [4.69, 9.17) is 24.2 Å². The number of amides is 1. The van der Waals surface area contributed by atoms with Crippen molar-refractivity contribution in [2.45, 2.75) is 58.0 Å². The molecule has 0 bridgehead atoms. The van der Waals surface area contributed by atoms with Gasteiger partial charge < -0.3 is 29.4 Å². The van der Waals surface area contributed by atoms with Crippen LogP contribution in [0.3, 0.4) is 0 Å². The highest BCUT2D eigenvalue weighted by Gasteiger charge is 2.25. The normalized spacial score (nSPS) is 13.9. The van der Waals surface area contributed by atoms with Gasteiger partial charge in [-0.3, -0.25) is 4.79 Å². The van der Waals surface area contributed by atoms with Gasteiger partial charge >= 0.3 is 0 Å². The summed E-state index contributed by atoms with van der Waals surface area (Å²) >= 11 is 0. The van der Waals surface area contributed by atoms with Gasteiger partial charge in [0, 0.05) is 36.6 Å². The second-order valence-corrected chi connectivity index (χ2v) is 9.97. The summed E-state index contributed by atoms with van der Waals surface area (Å²) in [4.78, 5) is 26.6. The molecule has 1 aliphatic rings. The average Bonchev–Trinajstić information content (AvgIpc) is 3.42. The molecule has 1 aliphatic carbocycles. The first-order valence-corrected chi connectivity index (χ1v) is 13.0. The van der Waals surface area contributed by atoms with E-state index in [9.17, 15) is 4.79 Å². The first-order valence-electron chi connectivity index (χ1n) is 13.0. The van der Waals surface area contributed by atoms with Gasteiger partial charge in [0.25, 0.3) is 0 Å². The highest BCUT2D eigenvalue weighted by molar-refractivity contribution is 5.88. The van der Waals surface area contributed by atoms with E-state index >= 15 is 0 Å². The second-order valence-electron chi connectivity index (χ2n) is 9.97. The molecule has 5 rings (SSSR count). The minimum Gasteiger partial charge on any atom is -0.493 e. The molecule has 2 N–H and O–H groups in total. The lowest BCUT2D eigenvalue weighted by Gasteiger charge is -2.14. The monoisotopic (exact) mass is 534 g/mol. The van der Waals surface area contributed by atoms with Crippen LogP contribution in [0.25, 0.3) is 16.7 Å². The Bertz CT molecular complexity index is 1470. The SMILES string of the molecule is COc1cc(-n2cnc(Nc3nc(C(C)CC(=O)NC4CC4)nc4c3cnn4C(C)C)c2)cc(OC)c1OC. The summed E-state index contributed by atoms with van der Waals surface area (Å²) in [5.41, 5.74) is 1.48. The summed E-state index contributed by atoms with van der Waals surface area (Å²) in [5, 5.41) is 11.7. The smallest absolute Gasteiger partial charge is 0.220 e. The summed E-state index contributed by atoms with van der Waals surface area (Å²) in [6.07, 6.45) is 7.69. The molecule has 1 aromatic carbocycles. The number of carbonyl (C=O) groups excluding carboxylic acids is 1. The Balaban J connectivity index is 1.47. The van der Waals surface area contributed by atoms with Crippen molar-refractivity contribution in [1.82, 2.24) is 34.6 Å². The Hall–Kier alpha value is -4.35. The maximum Gasteiger partial charge on any atom is 0.220 e. The number of aromatic nitrogens is 6. The van der Waals surface area contributed by atoms with Crippen LogP contribution in [-0.4, -0.2) is 62.6 Å². The quantitative estimate of drug-likeness (QED) is 0.292. The summed E-state index contributed by atoms with van der Waals surface area (Å²) < 4.78 is 20.1. The Labute approximate surface area is 226 Å². The van der Waals surface area contributed by atoms with Crippen molar-refractivity contribution in [3.05, 3.63) is 36.7 Å². The Morgan fingerprint density at radius 2 is 1.79 bits per heavy atom. The van der Waals surface area contributed by atoms with Gasteiger partial charge in [-0.25, -0.2) is 19.6 Å². The van der Waals surface area contributed by atoms with Crippen molar-refractivity contribution >= 4 is 28.6 Å². The zero-order chi connectivity index (χ0) is 27.7. The van der Waals surface area contributed by atoms with E-state index in [1.807, 2.05) is 48.3 Å². The molecule has 12 nitrogen and oxygen atoms in total. The molecule has 1 atom stereocenters. The van der Waals surface area contributed by atoms with Gasteiger partial charge in [0.2, 0.25) is 11.7 Å². The number of rotatable bonds is 11. The van der Waals surface area contributed by atoms with Gasteiger partial charge in [-0.05, 0) is 26.7 Å². The number of benzene rings is 1. The Morgan fingerprint density at radius 1 is 1.08 bits per heavy atom. The van der Waals surface area contributed by atoms with Crippen LogP contribution in [-0.2, 0) is 4.79 Å². The molecule has 1 saturated carbocycles. The highest BCUT2D eigenvalue weighted by atomic mass is 16.5. The summed E-state index contributed by atoms with van der Waals surface area (Å²) in [6.45, 7) is 6.06. The lowest BCUT2D eigenvalue weighted by atomic mass is 10.1. The lowest BCUT2D eigenvalue weighted by Crippen LogP contribution is -2.26. The molecule has 0 spiro atoms. The van der Waals surface area contributed by atoms with Gasteiger partial charge in [-0.15, -0.1) is 0 Å². The predicted molar refractivity (Wildman–Crippen MR) is 146 cm³/mol. The number of nitrogens with zero attached hydrogens (tertiary/aromatic N) is 6. The molecule has 3 heterocycles. The van der Waals surface area contributed by atoms with Crippen molar-refractivity contribution in [2.75, 3.05) is 26.6 Å². The third kappa shape index (κ3) is 5.45. The molecule has 0 aliphatic heterocycles. The van der Waals surface area contributed by atoms with Crippen LogP contribution in [0.15, 0.2) is 30.9 Å². The summed E-state index contributed by atoms with van der Waals surface area (Å²) in [7, 11) is 4.72. The number of hydrogen-bond acceptors (Lipinski definition) is 9. The second kappa shape index (κ2) is 10.8. The summed E-state index contributed by atoms with van der Waals surface area (Å²) in [5.74, 6) is 3.15. The van der Waals surface area contributed by atoms with Crippen LogP contribution in [0.1, 0.15) is 57.8 Å². The molecular formula is C27H34N8O4. The van der Waals surface area contributed by atoms with E-state index < -0.39 is 0 Å². The molecule has 0 radical (unpaired) electrons. The van der Waals surface area contributed by atoms with Gasteiger partial charge in [-0.1, -0.05) is 6.92 Å². The average molecular weight is 535 g/mol. The van der Waals surface area contributed by atoms with Crippen molar-refractivity contribution < 1.29 is 19.0 Å². The molecule has 0 saturated heterocycles. The molecule has 1 unspecified atom stereocenters. The van der Waals surface area contributed by atoms with Crippen LogP contribution in [0, 0.1) is 0 Å². The fraction of sp³-hybridized carbons (Fsp3) is 0.444. The minimum absolute atomic E-state index is 0.0182. The fourth-order valence-corrected chi connectivity index (χ4v) is 4.39. The van der Waals surface area contributed by atoms with E-state index in [1.54, 1.807) is 33.9 Å². The van der Waals surface area contributed by atoms with E-state index in [-0.39, 0.29) is 17.9 Å². The standard InChI is InChI=1S/C27H34N8O4/c1-15(2)35-27-19(12-29-35)26(32-25(33-27)16(3)9-23(36)30-17-7-8-17)31-22-13-34(14-28-22)18-10-20(37-4)24(39-6)21(11-18)38-5/h10-17H,7-9H2,1-6H3,(H,30,36)(H,31,32,33). The van der Waals surface area contributed by atoms with Crippen molar-refractivity contribution in [2.24, 2.45) is 0 Å². The number of methoxy groups -OCH3 is 3. The van der Waals surface area contributed by atoms with Gasteiger partial charge in [0.1, 0.15) is 23.8 Å². The number of carbonyl (C=O) groups is 1. The fourth-order valence-electron chi connectivity index (χ4n) is 4.39. The van der Waals surface area contributed by atoms with Crippen LogP contribution in [0.5, 0.6) is 17.2 Å². The first kappa shape index (κ1) is 26.3. The van der Waals surface area contributed by atoms with Gasteiger partial charge in [-0.2, -0.15) is 5.10 Å². The number of imidazole rings is 1. The minimum atomic E-state index is -0.180. The maximum absolute atomic E-state index is 12.5. The van der Waals surface area contributed by atoms with Crippen molar-refractivity contribution in [3.8, 4) is 22.9 Å². The predicted octanol–water partition coefficient (Wildman–Crippen LogP) is 4.13. The van der Waals surface area contributed by atoms with Gasteiger partial charge in [0.15, 0.2) is 17.1 Å².